The molecule has 3 heterocycles. The summed E-state index contributed by atoms with van der Waals surface area (Å²) in [6, 6.07) is 18.4. The van der Waals surface area contributed by atoms with Crippen LogP contribution in [-0.2, 0) is 11.2 Å². The molecule has 7 heteroatoms. The van der Waals surface area contributed by atoms with Crippen LogP contribution in [0.2, 0.25) is 0 Å². The van der Waals surface area contributed by atoms with Crippen molar-refractivity contribution in [1.82, 2.24) is 14.9 Å². The fourth-order valence-electron chi connectivity index (χ4n) is 5.31. The van der Waals surface area contributed by atoms with Crippen molar-refractivity contribution in [3.05, 3.63) is 66.6 Å². The average molecular weight is 486 g/mol. The SMILES string of the molecule is COc1ccc(-c2c(-c3ccccc3)oc3ncnc(C[C@@H]4CCN(C)[C@H](CCC(=O)O)C4)c23)cc1. The molecule has 186 valence electrons. The molecule has 0 radical (unpaired) electrons. The number of ether oxygens (including phenoxy) is 1. The van der Waals surface area contributed by atoms with Crippen molar-refractivity contribution in [1.29, 1.82) is 0 Å². The summed E-state index contributed by atoms with van der Waals surface area (Å²) in [5, 5.41) is 10.1. The number of aromatic nitrogens is 2. The van der Waals surface area contributed by atoms with Gasteiger partial charge in [-0.25, -0.2) is 9.97 Å². The number of benzene rings is 2. The minimum absolute atomic E-state index is 0.198. The van der Waals surface area contributed by atoms with E-state index in [-0.39, 0.29) is 12.5 Å². The van der Waals surface area contributed by atoms with Crippen LogP contribution in [0.3, 0.4) is 0 Å². The van der Waals surface area contributed by atoms with Crippen LogP contribution in [-0.4, -0.2) is 52.7 Å². The molecule has 1 saturated heterocycles. The van der Waals surface area contributed by atoms with E-state index in [4.69, 9.17) is 19.2 Å². The van der Waals surface area contributed by atoms with E-state index in [0.29, 0.717) is 18.1 Å². The molecular formula is C29H31N3O4. The van der Waals surface area contributed by atoms with Crippen LogP contribution in [0.25, 0.3) is 33.6 Å². The molecule has 2 atom stereocenters. The molecule has 4 aromatic rings. The number of carboxylic acids is 1. The quantitative estimate of drug-likeness (QED) is 0.343. The summed E-state index contributed by atoms with van der Waals surface area (Å²) in [6.07, 6.45) is 5.26. The number of rotatable bonds is 8. The number of likely N-dealkylation sites (tertiary alicyclic amines) is 1. The number of hydrogen-bond acceptors (Lipinski definition) is 6. The molecule has 0 unspecified atom stereocenters. The van der Waals surface area contributed by atoms with Crippen LogP contribution < -0.4 is 4.74 Å². The zero-order valence-electron chi connectivity index (χ0n) is 20.7. The first-order chi connectivity index (χ1) is 17.5. The average Bonchev–Trinajstić information content (AvgIpc) is 3.30. The van der Waals surface area contributed by atoms with E-state index in [1.165, 1.54) is 0 Å². The summed E-state index contributed by atoms with van der Waals surface area (Å²) in [6.45, 7) is 0.954. The van der Waals surface area contributed by atoms with Gasteiger partial charge >= 0.3 is 5.97 Å². The molecule has 1 N–H and O–H groups in total. The van der Waals surface area contributed by atoms with E-state index >= 15 is 0 Å². The Kier molecular flexibility index (Phi) is 7.00. The highest BCUT2D eigenvalue weighted by Gasteiger charge is 2.29. The van der Waals surface area contributed by atoms with Crippen LogP contribution >= 0.6 is 0 Å². The van der Waals surface area contributed by atoms with E-state index in [1.807, 2.05) is 54.6 Å². The number of piperidine rings is 1. The molecule has 5 rings (SSSR count). The molecular weight excluding hydrogens is 454 g/mol. The number of aliphatic carboxylic acids is 1. The molecule has 1 aliphatic heterocycles. The van der Waals surface area contributed by atoms with Crippen molar-refractivity contribution in [2.24, 2.45) is 5.92 Å². The first-order valence-corrected chi connectivity index (χ1v) is 12.4. The Bertz CT molecular complexity index is 1330. The van der Waals surface area contributed by atoms with Crippen LogP contribution in [0.15, 0.2) is 65.3 Å². The lowest BCUT2D eigenvalue weighted by Gasteiger charge is -2.37. The highest BCUT2D eigenvalue weighted by molar-refractivity contribution is 6.01. The van der Waals surface area contributed by atoms with Gasteiger partial charge < -0.3 is 19.2 Å². The number of methoxy groups -OCH3 is 1. The van der Waals surface area contributed by atoms with E-state index in [2.05, 4.69) is 16.9 Å². The van der Waals surface area contributed by atoms with Gasteiger partial charge in [0, 0.05) is 23.6 Å². The maximum absolute atomic E-state index is 11.1. The Morgan fingerprint density at radius 3 is 2.61 bits per heavy atom. The lowest BCUT2D eigenvalue weighted by atomic mass is 9.85. The number of hydrogen-bond donors (Lipinski definition) is 1. The van der Waals surface area contributed by atoms with E-state index in [0.717, 1.165) is 65.1 Å². The standard InChI is InChI=1S/C29H31N3O4/c1-32-15-14-19(16-22(32)10-13-25(33)34)17-24-27-26(20-8-11-23(35-2)12-9-20)28(21-6-4-3-5-7-21)36-29(27)31-18-30-24/h3-9,11-12,18-19,22H,10,13-17H2,1-2H3,(H,33,34)/t19-,22-/m1/s1. The maximum atomic E-state index is 11.1. The zero-order valence-corrected chi connectivity index (χ0v) is 20.7. The summed E-state index contributed by atoms with van der Waals surface area (Å²) in [5.41, 5.74) is 4.56. The second kappa shape index (κ2) is 10.5. The third-order valence-corrected chi connectivity index (χ3v) is 7.27. The molecule has 0 aliphatic carbocycles. The number of nitrogens with zero attached hydrogens (tertiary/aromatic N) is 3. The fourth-order valence-corrected chi connectivity index (χ4v) is 5.31. The zero-order chi connectivity index (χ0) is 25.1. The van der Waals surface area contributed by atoms with Gasteiger partial charge in [0.05, 0.1) is 18.2 Å². The van der Waals surface area contributed by atoms with Gasteiger partial charge in [0.1, 0.15) is 17.8 Å². The van der Waals surface area contributed by atoms with Gasteiger partial charge in [-0.15, -0.1) is 0 Å². The van der Waals surface area contributed by atoms with Crippen LogP contribution in [0.4, 0.5) is 0 Å². The number of furan rings is 1. The third kappa shape index (κ3) is 4.97. The van der Waals surface area contributed by atoms with Gasteiger partial charge in [-0.1, -0.05) is 42.5 Å². The van der Waals surface area contributed by atoms with Crippen molar-refractivity contribution >= 4 is 17.1 Å². The van der Waals surface area contributed by atoms with Crippen LogP contribution in [0.1, 0.15) is 31.4 Å². The summed E-state index contributed by atoms with van der Waals surface area (Å²) in [7, 11) is 3.75. The van der Waals surface area contributed by atoms with E-state index < -0.39 is 5.97 Å². The van der Waals surface area contributed by atoms with Gasteiger partial charge in [0.25, 0.3) is 0 Å². The highest BCUT2D eigenvalue weighted by atomic mass is 16.5. The summed E-state index contributed by atoms with van der Waals surface area (Å²) in [4.78, 5) is 22.7. The summed E-state index contributed by atoms with van der Waals surface area (Å²) < 4.78 is 11.8. The second-order valence-corrected chi connectivity index (χ2v) is 9.56. The normalized spacial score (nSPS) is 18.4. The molecule has 1 aliphatic rings. The van der Waals surface area contributed by atoms with Gasteiger partial charge in [-0.05, 0) is 62.9 Å². The Labute approximate surface area is 210 Å². The number of carbonyl (C=O) groups is 1. The minimum Gasteiger partial charge on any atom is -0.497 e. The maximum Gasteiger partial charge on any atom is 0.303 e. The smallest absolute Gasteiger partial charge is 0.303 e. The molecule has 0 saturated carbocycles. The summed E-state index contributed by atoms with van der Waals surface area (Å²) in [5.74, 6) is 1.25. The predicted octanol–water partition coefficient (Wildman–Crippen LogP) is 5.68. The lowest BCUT2D eigenvalue weighted by Crippen LogP contribution is -2.40. The Balaban J connectivity index is 1.55. The first-order valence-electron chi connectivity index (χ1n) is 12.4. The van der Waals surface area contributed by atoms with Crippen LogP contribution in [0, 0.1) is 5.92 Å². The Morgan fingerprint density at radius 1 is 1.11 bits per heavy atom. The lowest BCUT2D eigenvalue weighted by molar-refractivity contribution is -0.137. The van der Waals surface area contributed by atoms with Crippen molar-refractivity contribution in [2.45, 2.75) is 38.1 Å². The third-order valence-electron chi connectivity index (χ3n) is 7.27. The molecule has 0 bridgehead atoms. The van der Waals surface area contributed by atoms with Gasteiger partial charge in [0.15, 0.2) is 0 Å². The Morgan fingerprint density at radius 2 is 1.89 bits per heavy atom. The molecule has 1 fully saturated rings. The number of fused-ring (bicyclic) bond motifs is 1. The van der Waals surface area contributed by atoms with Gasteiger partial charge in [-0.3, -0.25) is 4.79 Å². The minimum atomic E-state index is -0.737. The van der Waals surface area contributed by atoms with E-state index in [1.54, 1.807) is 13.4 Å². The largest absolute Gasteiger partial charge is 0.497 e. The molecule has 2 aromatic carbocycles. The molecule has 7 nitrogen and oxygen atoms in total. The van der Waals surface area contributed by atoms with Crippen molar-refractivity contribution in [2.75, 3.05) is 20.7 Å². The Hall–Kier alpha value is -3.71. The van der Waals surface area contributed by atoms with Gasteiger partial charge in [0.2, 0.25) is 5.71 Å². The predicted molar refractivity (Wildman–Crippen MR) is 139 cm³/mol. The van der Waals surface area contributed by atoms with E-state index in [9.17, 15) is 4.79 Å². The second-order valence-electron chi connectivity index (χ2n) is 9.56. The summed E-state index contributed by atoms with van der Waals surface area (Å²) >= 11 is 0. The van der Waals surface area contributed by atoms with Crippen molar-refractivity contribution < 1.29 is 19.1 Å². The number of carboxylic acid groups (broad SMARTS) is 1. The molecule has 36 heavy (non-hydrogen) atoms. The van der Waals surface area contributed by atoms with Crippen LogP contribution in [0.5, 0.6) is 5.75 Å². The molecule has 0 spiro atoms. The fraction of sp³-hybridized carbons (Fsp3) is 0.345. The van der Waals surface area contributed by atoms with Gasteiger partial charge in [-0.2, -0.15) is 0 Å². The topological polar surface area (TPSA) is 88.7 Å². The highest BCUT2D eigenvalue weighted by Crippen LogP contribution is 2.42. The molecule has 0 amide bonds. The first kappa shape index (κ1) is 24.0. The monoisotopic (exact) mass is 485 g/mol. The van der Waals surface area contributed by atoms with Crippen molar-refractivity contribution in [3.8, 4) is 28.2 Å². The van der Waals surface area contributed by atoms with Crippen molar-refractivity contribution in [3.63, 3.8) is 0 Å². The molecule has 2 aromatic heterocycles.